The Morgan fingerprint density at radius 3 is 2.26 bits per heavy atom. The highest BCUT2D eigenvalue weighted by Gasteiger charge is 2.59. The minimum Gasteiger partial charge on any atom is -0.377 e. The van der Waals surface area contributed by atoms with E-state index >= 15 is 0 Å². The lowest BCUT2D eigenvalue weighted by Crippen LogP contribution is -2.51. The summed E-state index contributed by atoms with van der Waals surface area (Å²) in [4.78, 5) is 9.76. The molecule has 0 heterocycles. The molecule has 4 rings (SSSR count). The normalized spacial score (nSPS) is 34.3. The number of phosphoric acid groups is 1. The second-order valence-corrected chi connectivity index (χ2v) is 18.9. The molecule has 1 N–H and O–H groups in total. The zero-order chi connectivity index (χ0) is 34.3. The Bertz CT molecular complexity index is 1050. The Balaban J connectivity index is 1.11. The predicted molar refractivity (Wildman–Crippen MR) is 189 cm³/mol. The number of quaternary nitrogens is 1. The number of likely N-dealkylation sites (N-methyl/N-ethyl adjacent to an activating group) is 1. The van der Waals surface area contributed by atoms with Crippen molar-refractivity contribution in [2.45, 2.75) is 111 Å². The van der Waals surface area contributed by atoms with Gasteiger partial charge in [-0.05, 0) is 97.7 Å². The molecule has 0 aliphatic heterocycles. The molecule has 0 bridgehead atoms. The number of hydrogen-bond donors (Lipinski definition) is 1. The largest absolute Gasteiger partial charge is 0.472 e. The van der Waals surface area contributed by atoms with E-state index in [0.29, 0.717) is 48.3 Å². The van der Waals surface area contributed by atoms with Crippen LogP contribution in [0.5, 0.6) is 0 Å². The summed E-state index contributed by atoms with van der Waals surface area (Å²) in [5, 5.41) is 0. The van der Waals surface area contributed by atoms with Gasteiger partial charge in [0, 0.05) is 0 Å². The van der Waals surface area contributed by atoms with Gasteiger partial charge in [0.2, 0.25) is 0 Å². The molecule has 3 saturated carbocycles. The second kappa shape index (κ2) is 17.3. The van der Waals surface area contributed by atoms with Crippen molar-refractivity contribution < 1.29 is 37.2 Å². The molecule has 8 nitrogen and oxygen atoms in total. The highest BCUT2D eigenvalue weighted by atomic mass is 31.2. The average Bonchev–Trinajstić information content (AvgIpc) is 3.34. The van der Waals surface area contributed by atoms with Crippen LogP contribution in [0.4, 0.5) is 0 Å². The maximum absolute atomic E-state index is 11.9. The number of allylic oxidation sites excluding steroid dienone is 1. The standard InChI is InChI=1S/C38H70NO7P/c1-29(2)10-9-11-30(3)34-14-15-35-33-13-12-31-28-32(16-18-37(31,4)36(33)17-19-38(34,35)5)44-26-24-42-22-23-43-25-27-46-47(40,41)45-21-20-39(6,7)8/h12,29-30,32-36H,9-11,13-28H2,1-8H3/p+1/t30-,32+,33+,34-,35+,36+,37+,38-/m1/s1. The summed E-state index contributed by atoms with van der Waals surface area (Å²) in [6.45, 7) is 15.6. The first-order valence-electron chi connectivity index (χ1n) is 19.0. The highest BCUT2D eigenvalue weighted by molar-refractivity contribution is 7.47. The van der Waals surface area contributed by atoms with Crippen LogP contribution in [0.1, 0.15) is 105 Å². The van der Waals surface area contributed by atoms with E-state index in [1.54, 1.807) is 5.57 Å². The van der Waals surface area contributed by atoms with E-state index in [-0.39, 0.29) is 25.9 Å². The van der Waals surface area contributed by atoms with Crippen LogP contribution in [-0.4, -0.2) is 89.4 Å². The molecule has 4 aliphatic rings. The summed E-state index contributed by atoms with van der Waals surface area (Å²) >= 11 is 0. The Kier molecular flexibility index (Phi) is 14.5. The molecule has 274 valence electrons. The molecule has 47 heavy (non-hydrogen) atoms. The van der Waals surface area contributed by atoms with Gasteiger partial charge in [-0.15, -0.1) is 0 Å². The zero-order valence-corrected chi connectivity index (χ0v) is 32.2. The molecule has 9 heteroatoms. The Morgan fingerprint density at radius 1 is 0.872 bits per heavy atom. The van der Waals surface area contributed by atoms with Crippen molar-refractivity contribution in [3.63, 3.8) is 0 Å². The third kappa shape index (κ3) is 10.8. The average molecular weight is 685 g/mol. The van der Waals surface area contributed by atoms with Gasteiger partial charge in [0.05, 0.1) is 66.9 Å². The van der Waals surface area contributed by atoms with Crippen LogP contribution in [0.25, 0.3) is 0 Å². The van der Waals surface area contributed by atoms with Crippen molar-refractivity contribution in [3.8, 4) is 0 Å². The molecule has 0 aromatic heterocycles. The van der Waals surface area contributed by atoms with Crippen LogP contribution in [0, 0.1) is 46.3 Å². The van der Waals surface area contributed by atoms with Gasteiger partial charge in [0.1, 0.15) is 13.2 Å². The minimum absolute atomic E-state index is 0.00240. The van der Waals surface area contributed by atoms with Gasteiger partial charge in [0.15, 0.2) is 0 Å². The maximum Gasteiger partial charge on any atom is 0.472 e. The van der Waals surface area contributed by atoms with E-state index in [4.69, 9.17) is 23.3 Å². The summed E-state index contributed by atoms with van der Waals surface area (Å²) < 4.78 is 40.1. The summed E-state index contributed by atoms with van der Waals surface area (Å²) in [7, 11) is 1.93. The molecule has 0 spiro atoms. The van der Waals surface area contributed by atoms with E-state index in [1.165, 1.54) is 57.8 Å². The van der Waals surface area contributed by atoms with Crippen LogP contribution >= 0.6 is 7.82 Å². The molecule has 0 aromatic carbocycles. The number of fused-ring (bicyclic) bond motifs is 5. The molecular weight excluding hydrogens is 613 g/mol. The number of rotatable bonds is 20. The quantitative estimate of drug-likeness (QED) is 0.0598. The smallest absolute Gasteiger partial charge is 0.377 e. The van der Waals surface area contributed by atoms with E-state index in [9.17, 15) is 9.46 Å². The molecule has 4 aliphatic carbocycles. The summed E-state index contributed by atoms with van der Waals surface area (Å²) in [6, 6.07) is 0. The second-order valence-electron chi connectivity index (χ2n) is 17.4. The van der Waals surface area contributed by atoms with Crippen molar-refractivity contribution in [2.24, 2.45) is 46.3 Å². The SMILES string of the molecule is CC(C)CCC[C@@H](C)[C@H]1CC[C@H]2[C@@H]3CC=C4C[C@@H](OCCOCCOCCOP(=O)(O)OCC[N+](C)(C)C)CC[C@]4(C)[C@H]3CC[C@]12C. The van der Waals surface area contributed by atoms with Gasteiger partial charge < -0.3 is 23.6 Å². The highest BCUT2D eigenvalue weighted by Crippen LogP contribution is 2.67. The fourth-order valence-electron chi connectivity index (χ4n) is 10.1. The van der Waals surface area contributed by atoms with Crippen molar-refractivity contribution in [1.82, 2.24) is 0 Å². The lowest BCUT2D eigenvalue weighted by Gasteiger charge is -2.58. The van der Waals surface area contributed by atoms with Crippen LogP contribution in [0.3, 0.4) is 0 Å². The van der Waals surface area contributed by atoms with E-state index in [0.717, 1.165) is 48.3 Å². The predicted octanol–water partition coefficient (Wildman–Crippen LogP) is 8.29. The van der Waals surface area contributed by atoms with Gasteiger partial charge >= 0.3 is 7.82 Å². The van der Waals surface area contributed by atoms with Crippen LogP contribution in [0.2, 0.25) is 0 Å². The summed E-state index contributed by atoms with van der Waals surface area (Å²) in [6.07, 6.45) is 17.7. The first kappa shape index (κ1) is 39.5. The zero-order valence-electron chi connectivity index (χ0n) is 31.3. The molecular formula is C38H71NO7P+. The number of ether oxygens (including phenoxy) is 3. The Hall–Kier alpha value is -0.310. The third-order valence-corrected chi connectivity index (χ3v) is 13.7. The molecule has 0 amide bonds. The van der Waals surface area contributed by atoms with E-state index < -0.39 is 7.82 Å². The third-order valence-electron chi connectivity index (χ3n) is 12.7. The molecule has 3 fully saturated rings. The lowest BCUT2D eigenvalue weighted by atomic mass is 9.47. The summed E-state index contributed by atoms with van der Waals surface area (Å²) in [5.74, 6) is 5.23. The van der Waals surface area contributed by atoms with Gasteiger partial charge in [-0.2, -0.15) is 0 Å². The fraction of sp³-hybridized carbons (Fsp3) is 0.947. The molecule has 9 atom stereocenters. The van der Waals surface area contributed by atoms with Crippen molar-refractivity contribution in [2.75, 3.05) is 73.9 Å². The fourth-order valence-corrected chi connectivity index (χ4v) is 10.8. The topological polar surface area (TPSA) is 83.5 Å². The first-order chi connectivity index (χ1) is 22.1. The molecule has 0 radical (unpaired) electrons. The van der Waals surface area contributed by atoms with Crippen molar-refractivity contribution in [3.05, 3.63) is 11.6 Å². The molecule has 0 aromatic rings. The van der Waals surface area contributed by atoms with Gasteiger partial charge in [-0.3, -0.25) is 9.05 Å². The molecule has 0 saturated heterocycles. The van der Waals surface area contributed by atoms with Gasteiger partial charge in [0.25, 0.3) is 0 Å². The van der Waals surface area contributed by atoms with Gasteiger partial charge in [-0.1, -0.05) is 65.5 Å². The van der Waals surface area contributed by atoms with Crippen LogP contribution < -0.4 is 0 Å². The molecule has 1 unspecified atom stereocenters. The van der Waals surface area contributed by atoms with E-state index in [1.807, 2.05) is 21.1 Å². The Labute approximate surface area is 287 Å². The van der Waals surface area contributed by atoms with E-state index in [2.05, 4.69) is 40.7 Å². The Morgan fingerprint density at radius 2 is 1.55 bits per heavy atom. The maximum atomic E-state index is 11.9. The summed E-state index contributed by atoms with van der Waals surface area (Å²) in [5.41, 5.74) is 2.57. The van der Waals surface area contributed by atoms with Crippen LogP contribution in [0.15, 0.2) is 11.6 Å². The number of phosphoric ester groups is 1. The van der Waals surface area contributed by atoms with Gasteiger partial charge in [-0.25, -0.2) is 4.57 Å². The number of hydrogen-bond acceptors (Lipinski definition) is 6. The number of nitrogens with zero attached hydrogens (tertiary/aromatic N) is 1. The van der Waals surface area contributed by atoms with Crippen LogP contribution in [-0.2, 0) is 27.8 Å². The minimum atomic E-state index is -4.04. The van der Waals surface area contributed by atoms with Crippen molar-refractivity contribution >= 4 is 7.82 Å². The van der Waals surface area contributed by atoms with Crippen molar-refractivity contribution in [1.29, 1.82) is 0 Å². The monoisotopic (exact) mass is 684 g/mol. The lowest BCUT2D eigenvalue weighted by molar-refractivity contribution is -0.870. The first-order valence-corrected chi connectivity index (χ1v) is 20.5.